The van der Waals surface area contributed by atoms with Crippen LogP contribution in [-0.4, -0.2) is 37.3 Å². The van der Waals surface area contributed by atoms with Gasteiger partial charge in [0, 0.05) is 11.6 Å². The van der Waals surface area contributed by atoms with Gasteiger partial charge in [-0.05, 0) is 18.2 Å². The Kier molecular flexibility index (Phi) is 5.31. The van der Waals surface area contributed by atoms with Crippen LogP contribution in [0, 0.1) is 0 Å². The van der Waals surface area contributed by atoms with Crippen molar-refractivity contribution in [3.05, 3.63) is 47.5 Å². The predicted octanol–water partition coefficient (Wildman–Crippen LogP) is 3.02. The minimum absolute atomic E-state index is 0.0421. The van der Waals surface area contributed by atoms with Crippen LogP contribution < -0.4 is 14.2 Å². The van der Waals surface area contributed by atoms with E-state index in [1.807, 2.05) is 12.1 Å². The maximum atomic E-state index is 12.5. The molecular weight excluding hydrogens is 312 g/mol. The number of ether oxygens (including phenoxy) is 3. The van der Waals surface area contributed by atoms with Gasteiger partial charge >= 0.3 is 0 Å². The molecule has 0 aliphatic heterocycles. The number of methoxy groups -OCH3 is 3. The van der Waals surface area contributed by atoms with Crippen molar-refractivity contribution in [2.24, 2.45) is 0 Å². The van der Waals surface area contributed by atoms with Crippen molar-refractivity contribution in [3.8, 4) is 28.7 Å². The maximum absolute atomic E-state index is 12.5. The van der Waals surface area contributed by atoms with E-state index in [0.29, 0.717) is 11.3 Å². The molecule has 0 aromatic heterocycles. The molecule has 6 heteroatoms. The van der Waals surface area contributed by atoms with Crippen LogP contribution in [0.1, 0.15) is 15.9 Å². The van der Waals surface area contributed by atoms with Gasteiger partial charge in [0.2, 0.25) is 5.75 Å². The lowest BCUT2D eigenvalue weighted by atomic mass is 10.0. The van der Waals surface area contributed by atoms with Gasteiger partial charge in [-0.3, -0.25) is 4.79 Å². The quantitative estimate of drug-likeness (QED) is 0.625. The van der Waals surface area contributed by atoms with Gasteiger partial charge in [-0.2, -0.15) is 0 Å². The summed E-state index contributed by atoms with van der Waals surface area (Å²) in [4.78, 5) is 12.5. The van der Waals surface area contributed by atoms with Crippen LogP contribution in [0.3, 0.4) is 0 Å². The molecular formula is C18H18O6. The second-order valence-electron chi connectivity index (χ2n) is 4.79. The van der Waals surface area contributed by atoms with Crippen molar-refractivity contribution in [3.63, 3.8) is 0 Å². The zero-order valence-electron chi connectivity index (χ0n) is 13.6. The topological polar surface area (TPSA) is 85.2 Å². The number of hydrogen-bond donors (Lipinski definition) is 2. The van der Waals surface area contributed by atoms with Gasteiger partial charge in [0.25, 0.3) is 0 Å². The summed E-state index contributed by atoms with van der Waals surface area (Å²) in [5.41, 5.74) is 0.607. The fourth-order valence-corrected chi connectivity index (χ4v) is 2.27. The molecule has 2 aromatic carbocycles. The van der Waals surface area contributed by atoms with E-state index >= 15 is 0 Å². The summed E-state index contributed by atoms with van der Waals surface area (Å²) in [7, 11) is 4.15. The lowest BCUT2D eigenvalue weighted by molar-refractivity contribution is 0.104. The Morgan fingerprint density at radius 1 is 1.00 bits per heavy atom. The lowest BCUT2D eigenvalue weighted by Crippen LogP contribution is -2.01. The Hall–Kier alpha value is -3.15. The molecule has 126 valence electrons. The number of hydrogen-bond acceptors (Lipinski definition) is 6. The SMILES string of the molecule is COc1ccccc1C=CC(=O)c1c(OC)cc(O)c(OC)c1O. The molecule has 0 spiro atoms. The molecule has 0 radical (unpaired) electrons. The highest BCUT2D eigenvalue weighted by molar-refractivity contribution is 6.11. The molecule has 2 aromatic rings. The van der Waals surface area contributed by atoms with E-state index in [4.69, 9.17) is 14.2 Å². The van der Waals surface area contributed by atoms with Crippen molar-refractivity contribution in [2.45, 2.75) is 0 Å². The molecule has 0 saturated carbocycles. The molecule has 0 saturated heterocycles. The normalized spacial score (nSPS) is 10.6. The van der Waals surface area contributed by atoms with E-state index in [0.717, 1.165) is 0 Å². The first-order chi connectivity index (χ1) is 11.5. The molecule has 0 unspecified atom stereocenters. The molecule has 24 heavy (non-hydrogen) atoms. The third-order valence-electron chi connectivity index (χ3n) is 3.42. The maximum Gasteiger partial charge on any atom is 0.203 e. The fourth-order valence-electron chi connectivity index (χ4n) is 2.27. The van der Waals surface area contributed by atoms with Crippen LogP contribution in [0.15, 0.2) is 36.4 Å². The summed E-state index contributed by atoms with van der Waals surface area (Å²) in [6.45, 7) is 0. The molecule has 0 bridgehead atoms. The number of ketones is 1. The zero-order chi connectivity index (χ0) is 17.7. The Bertz CT molecular complexity index is 779. The number of carbonyl (C=O) groups excluding carboxylic acids is 1. The summed E-state index contributed by atoms with van der Waals surface area (Å²) >= 11 is 0. The van der Waals surface area contributed by atoms with Crippen molar-refractivity contribution < 1.29 is 29.2 Å². The van der Waals surface area contributed by atoms with Crippen molar-refractivity contribution in [1.82, 2.24) is 0 Å². The fraction of sp³-hybridized carbons (Fsp3) is 0.167. The number of phenols is 2. The van der Waals surface area contributed by atoms with Crippen LogP contribution in [0.4, 0.5) is 0 Å². The molecule has 6 nitrogen and oxygen atoms in total. The first-order valence-electron chi connectivity index (χ1n) is 7.05. The minimum atomic E-state index is -0.506. The Morgan fingerprint density at radius 3 is 2.29 bits per heavy atom. The number of rotatable bonds is 6. The number of phenolic OH excluding ortho intramolecular Hbond substituents is 2. The predicted molar refractivity (Wildman–Crippen MR) is 89.2 cm³/mol. The number of aromatic hydroxyl groups is 2. The zero-order valence-corrected chi connectivity index (χ0v) is 13.6. The first-order valence-corrected chi connectivity index (χ1v) is 7.05. The lowest BCUT2D eigenvalue weighted by Gasteiger charge is -2.13. The van der Waals surface area contributed by atoms with Crippen LogP contribution in [-0.2, 0) is 0 Å². The van der Waals surface area contributed by atoms with Crippen LogP contribution in [0.2, 0.25) is 0 Å². The van der Waals surface area contributed by atoms with E-state index in [-0.39, 0.29) is 22.8 Å². The largest absolute Gasteiger partial charge is 0.504 e. The van der Waals surface area contributed by atoms with Gasteiger partial charge < -0.3 is 24.4 Å². The molecule has 2 N–H and O–H groups in total. The Morgan fingerprint density at radius 2 is 1.67 bits per heavy atom. The van der Waals surface area contributed by atoms with Gasteiger partial charge in [-0.25, -0.2) is 0 Å². The highest BCUT2D eigenvalue weighted by Gasteiger charge is 2.23. The van der Waals surface area contributed by atoms with Gasteiger partial charge in [-0.1, -0.05) is 18.2 Å². The van der Waals surface area contributed by atoms with Gasteiger partial charge in [0.15, 0.2) is 17.3 Å². The van der Waals surface area contributed by atoms with E-state index in [9.17, 15) is 15.0 Å². The molecule has 0 fully saturated rings. The first kappa shape index (κ1) is 17.2. The molecule has 0 amide bonds. The van der Waals surface area contributed by atoms with E-state index in [2.05, 4.69) is 0 Å². The average Bonchev–Trinajstić information content (AvgIpc) is 2.59. The second kappa shape index (κ2) is 7.41. The van der Waals surface area contributed by atoms with E-state index < -0.39 is 11.5 Å². The molecule has 2 rings (SSSR count). The third kappa shape index (κ3) is 3.27. The highest BCUT2D eigenvalue weighted by atomic mass is 16.5. The van der Waals surface area contributed by atoms with Crippen LogP contribution in [0.5, 0.6) is 28.7 Å². The number of carbonyl (C=O) groups is 1. The molecule has 0 aliphatic rings. The standard InChI is InChI=1S/C18H18O6/c1-22-14-7-5-4-6-11(14)8-9-12(19)16-15(23-2)10-13(20)18(24-3)17(16)21/h4-10,20-21H,1-3H3. The monoisotopic (exact) mass is 330 g/mol. The summed E-state index contributed by atoms with van der Waals surface area (Å²) < 4.78 is 15.2. The van der Waals surface area contributed by atoms with Crippen molar-refractivity contribution in [1.29, 1.82) is 0 Å². The highest BCUT2D eigenvalue weighted by Crippen LogP contribution is 2.44. The smallest absolute Gasteiger partial charge is 0.203 e. The number of allylic oxidation sites excluding steroid dienone is 1. The second-order valence-corrected chi connectivity index (χ2v) is 4.79. The summed E-state index contributed by atoms with van der Waals surface area (Å²) in [6, 6.07) is 8.40. The summed E-state index contributed by atoms with van der Waals surface area (Å²) in [5, 5.41) is 20.0. The van der Waals surface area contributed by atoms with Crippen LogP contribution in [0.25, 0.3) is 6.08 Å². The molecule has 0 atom stereocenters. The number of benzene rings is 2. The van der Waals surface area contributed by atoms with E-state index in [1.54, 1.807) is 18.2 Å². The number of para-hydroxylation sites is 1. The van der Waals surface area contributed by atoms with E-state index in [1.165, 1.54) is 33.5 Å². The van der Waals surface area contributed by atoms with Gasteiger partial charge in [0.05, 0.1) is 21.3 Å². The average molecular weight is 330 g/mol. The van der Waals surface area contributed by atoms with Crippen molar-refractivity contribution in [2.75, 3.05) is 21.3 Å². The Balaban J connectivity index is 2.44. The minimum Gasteiger partial charge on any atom is -0.504 e. The Labute approximate surface area is 139 Å². The molecule has 0 heterocycles. The summed E-state index contributed by atoms with van der Waals surface area (Å²) in [5.74, 6) is -0.846. The van der Waals surface area contributed by atoms with Gasteiger partial charge in [-0.15, -0.1) is 0 Å². The summed E-state index contributed by atoms with van der Waals surface area (Å²) in [6.07, 6.45) is 2.85. The van der Waals surface area contributed by atoms with Crippen molar-refractivity contribution >= 4 is 11.9 Å². The molecule has 0 aliphatic carbocycles. The van der Waals surface area contributed by atoms with Crippen LogP contribution >= 0.6 is 0 Å². The third-order valence-corrected chi connectivity index (χ3v) is 3.42. The van der Waals surface area contributed by atoms with Gasteiger partial charge in [0.1, 0.15) is 17.1 Å².